The zero-order chi connectivity index (χ0) is 15.8. The third kappa shape index (κ3) is 3.10. The maximum absolute atomic E-state index is 12.3. The number of amides is 1. The van der Waals surface area contributed by atoms with E-state index in [0.29, 0.717) is 30.0 Å². The van der Waals surface area contributed by atoms with Crippen LogP contribution < -0.4 is 5.32 Å². The van der Waals surface area contributed by atoms with Crippen LogP contribution in [0, 0.1) is 25.2 Å². The van der Waals surface area contributed by atoms with Crippen LogP contribution in [-0.4, -0.2) is 37.5 Å². The maximum Gasteiger partial charge on any atom is 0.243 e. The summed E-state index contributed by atoms with van der Waals surface area (Å²) in [5.74, 6) is -0.365. The zero-order valence-corrected chi connectivity index (χ0v) is 13.8. The van der Waals surface area contributed by atoms with Gasteiger partial charge in [-0.05, 0) is 32.3 Å². The van der Waals surface area contributed by atoms with Gasteiger partial charge in [0.05, 0.1) is 11.8 Å². The minimum Gasteiger partial charge on any atom is -0.315 e. The van der Waals surface area contributed by atoms with Gasteiger partial charge in [-0.25, -0.2) is 8.42 Å². The van der Waals surface area contributed by atoms with E-state index in [-0.39, 0.29) is 5.91 Å². The third-order valence-corrected chi connectivity index (χ3v) is 6.08. The van der Waals surface area contributed by atoms with Crippen LogP contribution in [0.25, 0.3) is 0 Å². The van der Waals surface area contributed by atoms with Gasteiger partial charge in [-0.3, -0.25) is 4.79 Å². The van der Waals surface area contributed by atoms with Crippen molar-refractivity contribution in [1.29, 1.82) is 5.26 Å². The molecule has 1 aromatic rings. The van der Waals surface area contributed by atoms with Gasteiger partial charge in [-0.2, -0.15) is 9.57 Å². The summed E-state index contributed by atoms with van der Waals surface area (Å²) in [6.45, 7) is 4.08. The minimum absolute atomic E-state index is 0.365. The Kier molecular flexibility index (Phi) is 4.37. The molecule has 0 spiro atoms. The molecule has 1 aliphatic heterocycles. The summed E-state index contributed by atoms with van der Waals surface area (Å²) in [4.78, 5) is 13.3. The van der Waals surface area contributed by atoms with E-state index in [1.807, 2.05) is 13.8 Å². The molecule has 1 aromatic heterocycles. The Bertz CT molecular complexity index is 716. The monoisotopic (exact) mass is 327 g/mol. The number of thiophene rings is 1. The number of sulfonamides is 1. The molecule has 1 atom stereocenters. The minimum atomic E-state index is -3.40. The zero-order valence-electron chi connectivity index (χ0n) is 12.1. The standard InChI is InChI=1S/C13H17N3O3S2/c1-8-9(2)20-13(10(8)7-14)15-12(17)11-5-4-6-16(11)21(3,18)19/h11H,4-6H2,1-3H3,(H,15,17)/t11-/m0/s1. The van der Waals surface area contributed by atoms with E-state index in [0.717, 1.165) is 16.7 Å². The summed E-state index contributed by atoms with van der Waals surface area (Å²) in [6, 6.07) is 1.40. The van der Waals surface area contributed by atoms with E-state index in [4.69, 9.17) is 0 Å². The predicted octanol–water partition coefficient (Wildman–Crippen LogP) is 1.60. The molecule has 6 nitrogen and oxygen atoms in total. The predicted molar refractivity (Wildman–Crippen MR) is 81.7 cm³/mol. The first kappa shape index (κ1) is 15.9. The van der Waals surface area contributed by atoms with Crippen molar-refractivity contribution in [3.05, 3.63) is 16.0 Å². The van der Waals surface area contributed by atoms with Crippen molar-refractivity contribution in [1.82, 2.24) is 4.31 Å². The Hall–Kier alpha value is -1.43. The van der Waals surface area contributed by atoms with Gasteiger partial charge in [0, 0.05) is 11.4 Å². The number of carbonyl (C=O) groups excluding carboxylic acids is 1. The second-order valence-corrected chi connectivity index (χ2v) is 8.28. The van der Waals surface area contributed by atoms with E-state index >= 15 is 0 Å². The highest BCUT2D eigenvalue weighted by atomic mass is 32.2. The van der Waals surface area contributed by atoms with Gasteiger partial charge in [-0.1, -0.05) is 0 Å². The van der Waals surface area contributed by atoms with Gasteiger partial charge in [-0.15, -0.1) is 11.3 Å². The van der Waals surface area contributed by atoms with Crippen molar-refractivity contribution >= 4 is 32.3 Å². The van der Waals surface area contributed by atoms with Gasteiger partial charge < -0.3 is 5.32 Å². The SMILES string of the molecule is Cc1sc(NC(=O)[C@@H]2CCCN2S(C)(=O)=O)c(C#N)c1C. The number of aryl methyl sites for hydroxylation is 1. The third-order valence-electron chi connectivity index (χ3n) is 3.67. The maximum atomic E-state index is 12.3. The first-order valence-electron chi connectivity index (χ1n) is 6.53. The average molecular weight is 327 g/mol. The molecular weight excluding hydrogens is 310 g/mol. The number of carbonyl (C=O) groups is 1. The van der Waals surface area contributed by atoms with Gasteiger partial charge in [0.2, 0.25) is 15.9 Å². The highest BCUT2D eigenvalue weighted by Crippen LogP contribution is 2.32. The van der Waals surface area contributed by atoms with Crippen LogP contribution in [0.4, 0.5) is 5.00 Å². The van der Waals surface area contributed by atoms with E-state index in [1.165, 1.54) is 15.6 Å². The fraction of sp³-hybridized carbons (Fsp3) is 0.538. The lowest BCUT2D eigenvalue weighted by atomic mass is 10.2. The number of nitriles is 1. The normalized spacial score (nSPS) is 19.4. The van der Waals surface area contributed by atoms with Crippen molar-refractivity contribution in [2.75, 3.05) is 18.1 Å². The molecule has 0 radical (unpaired) electrons. The number of rotatable bonds is 3. The molecule has 0 bridgehead atoms. The van der Waals surface area contributed by atoms with E-state index in [1.54, 1.807) is 0 Å². The van der Waals surface area contributed by atoms with E-state index < -0.39 is 16.1 Å². The Morgan fingerprint density at radius 1 is 1.48 bits per heavy atom. The molecule has 21 heavy (non-hydrogen) atoms. The van der Waals surface area contributed by atoms with E-state index in [9.17, 15) is 18.5 Å². The van der Waals surface area contributed by atoms with Crippen LogP contribution in [0.3, 0.4) is 0 Å². The molecule has 1 saturated heterocycles. The number of nitrogens with one attached hydrogen (secondary N) is 1. The van der Waals surface area contributed by atoms with Crippen LogP contribution in [0.2, 0.25) is 0 Å². The molecular formula is C13H17N3O3S2. The summed E-state index contributed by atoms with van der Waals surface area (Å²) in [6.07, 6.45) is 2.28. The molecule has 114 valence electrons. The average Bonchev–Trinajstić information content (AvgIpc) is 2.96. The molecule has 1 fully saturated rings. The highest BCUT2D eigenvalue weighted by Gasteiger charge is 2.36. The Balaban J connectivity index is 2.23. The second kappa shape index (κ2) is 5.75. The van der Waals surface area contributed by atoms with Crippen molar-refractivity contribution < 1.29 is 13.2 Å². The second-order valence-electron chi connectivity index (χ2n) is 5.12. The van der Waals surface area contributed by atoms with Gasteiger partial charge in [0.1, 0.15) is 17.1 Å². The number of hydrogen-bond acceptors (Lipinski definition) is 5. The molecule has 1 amide bonds. The molecule has 0 saturated carbocycles. The van der Waals surface area contributed by atoms with Crippen molar-refractivity contribution in [2.45, 2.75) is 32.7 Å². The van der Waals surface area contributed by atoms with E-state index in [2.05, 4.69) is 11.4 Å². The molecule has 1 N–H and O–H groups in total. The van der Waals surface area contributed by atoms with Crippen LogP contribution in [0.15, 0.2) is 0 Å². The molecule has 0 aliphatic carbocycles. The quantitative estimate of drug-likeness (QED) is 0.913. The van der Waals surface area contributed by atoms with Crippen LogP contribution in [0.5, 0.6) is 0 Å². The fourth-order valence-corrected chi connectivity index (χ4v) is 4.58. The Morgan fingerprint density at radius 2 is 2.14 bits per heavy atom. The fourth-order valence-electron chi connectivity index (χ4n) is 2.44. The summed E-state index contributed by atoms with van der Waals surface area (Å²) in [5.41, 5.74) is 1.30. The smallest absolute Gasteiger partial charge is 0.243 e. The first-order chi connectivity index (χ1) is 9.75. The Labute approximate surface area is 128 Å². The summed E-state index contributed by atoms with van der Waals surface area (Å²) < 4.78 is 24.6. The molecule has 0 unspecified atom stereocenters. The highest BCUT2D eigenvalue weighted by molar-refractivity contribution is 7.88. The molecule has 2 rings (SSSR count). The topological polar surface area (TPSA) is 90.3 Å². The number of anilines is 1. The molecule has 2 heterocycles. The summed E-state index contributed by atoms with van der Waals surface area (Å²) in [5, 5.41) is 12.4. The molecule has 8 heteroatoms. The Morgan fingerprint density at radius 3 is 2.71 bits per heavy atom. The van der Waals surface area contributed by atoms with Gasteiger partial charge in [0.25, 0.3) is 0 Å². The van der Waals surface area contributed by atoms with Gasteiger partial charge >= 0.3 is 0 Å². The summed E-state index contributed by atoms with van der Waals surface area (Å²) >= 11 is 1.34. The lowest BCUT2D eigenvalue weighted by Gasteiger charge is -2.21. The summed E-state index contributed by atoms with van der Waals surface area (Å²) in [7, 11) is -3.40. The molecule has 1 aliphatic rings. The first-order valence-corrected chi connectivity index (χ1v) is 9.20. The van der Waals surface area contributed by atoms with Crippen molar-refractivity contribution in [3.8, 4) is 6.07 Å². The number of hydrogen-bond donors (Lipinski definition) is 1. The molecule has 0 aromatic carbocycles. The largest absolute Gasteiger partial charge is 0.315 e. The van der Waals surface area contributed by atoms with Crippen LogP contribution in [-0.2, 0) is 14.8 Å². The number of nitrogens with zero attached hydrogens (tertiary/aromatic N) is 2. The lowest BCUT2D eigenvalue weighted by molar-refractivity contribution is -0.119. The van der Waals surface area contributed by atoms with Crippen LogP contribution in [0.1, 0.15) is 28.8 Å². The van der Waals surface area contributed by atoms with Gasteiger partial charge in [0.15, 0.2) is 0 Å². The van der Waals surface area contributed by atoms with Crippen LogP contribution >= 0.6 is 11.3 Å². The lowest BCUT2D eigenvalue weighted by Crippen LogP contribution is -2.42. The van der Waals surface area contributed by atoms with Crippen molar-refractivity contribution in [2.24, 2.45) is 0 Å². The van der Waals surface area contributed by atoms with Crippen molar-refractivity contribution in [3.63, 3.8) is 0 Å².